The molecule has 0 aliphatic heterocycles. The Morgan fingerprint density at radius 1 is 1.38 bits per heavy atom. The Morgan fingerprint density at radius 3 is 2.48 bits per heavy atom. The number of primary amides is 1. The molecule has 1 aromatic carbocycles. The van der Waals surface area contributed by atoms with Crippen molar-refractivity contribution in [3.63, 3.8) is 0 Å². The van der Waals surface area contributed by atoms with Crippen LogP contribution in [0.1, 0.15) is 18.3 Å². The van der Waals surface area contributed by atoms with E-state index in [1.807, 2.05) is 0 Å². The van der Waals surface area contributed by atoms with Gasteiger partial charge in [-0.25, -0.2) is 4.79 Å². The van der Waals surface area contributed by atoms with Crippen LogP contribution in [-0.4, -0.2) is 25.2 Å². The van der Waals surface area contributed by atoms with Crippen LogP contribution in [0.25, 0.3) is 0 Å². The first-order valence-electron chi connectivity index (χ1n) is 6.09. The van der Waals surface area contributed by atoms with Crippen molar-refractivity contribution in [2.24, 2.45) is 5.73 Å². The number of alkyl halides is 1. The van der Waals surface area contributed by atoms with Gasteiger partial charge in [-0.2, -0.15) is 0 Å². The molecule has 0 aliphatic carbocycles. The van der Waals surface area contributed by atoms with Gasteiger partial charge in [-0.1, -0.05) is 28.1 Å². The van der Waals surface area contributed by atoms with Crippen molar-refractivity contribution >= 4 is 41.2 Å². The number of rotatable bonds is 8. The molecule has 0 saturated carbocycles. The lowest BCUT2D eigenvalue weighted by Gasteiger charge is -2.25. The van der Waals surface area contributed by atoms with Gasteiger partial charge in [0, 0.05) is 15.9 Å². The summed E-state index contributed by atoms with van der Waals surface area (Å²) in [5, 5.41) is 0. The number of hydrogen-bond acceptors (Lipinski definition) is 5. The lowest BCUT2D eigenvalue weighted by atomic mass is 10.2. The summed E-state index contributed by atoms with van der Waals surface area (Å²) < 4.78 is 29.1. The first-order chi connectivity index (χ1) is 9.92. The van der Waals surface area contributed by atoms with E-state index < -0.39 is 19.5 Å². The fourth-order valence-electron chi connectivity index (χ4n) is 1.57. The second-order valence-electron chi connectivity index (χ2n) is 3.82. The summed E-state index contributed by atoms with van der Waals surface area (Å²) in [7, 11) is -3.76. The summed E-state index contributed by atoms with van der Waals surface area (Å²) in [6.07, 6.45) is -1.07. The summed E-state index contributed by atoms with van der Waals surface area (Å²) in [5.41, 5.74) is 5.50. The minimum atomic E-state index is -3.76. The van der Waals surface area contributed by atoms with Crippen LogP contribution in [0.2, 0.25) is 0 Å². The highest BCUT2D eigenvalue weighted by Gasteiger charge is 2.40. The van der Waals surface area contributed by atoms with Gasteiger partial charge in [0.15, 0.2) is 0 Å². The van der Waals surface area contributed by atoms with Crippen molar-refractivity contribution in [2.45, 2.75) is 12.8 Å². The maximum absolute atomic E-state index is 12.8. The largest absolute Gasteiger partial charge is 0.428 e. The molecule has 6 nitrogen and oxygen atoms in total. The summed E-state index contributed by atoms with van der Waals surface area (Å²) >= 11 is 8.83. The van der Waals surface area contributed by atoms with Crippen LogP contribution in [0, 0.1) is 0 Å². The number of carbonyl (C=O) groups excluding carboxylic acids is 1. The number of halogens is 2. The first-order valence-corrected chi connectivity index (χ1v) is 9.03. The van der Waals surface area contributed by atoms with Crippen LogP contribution in [-0.2, 0) is 18.3 Å². The third-order valence-electron chi connectivity index (χ3n) is 2.33. The van der Waals surface area contributed by atoms with Gasteiger partial charge < -0.3 is 19.5 Å². The molecule has 2 N–H and O–H groups in total. The molecule has 0 aliphatic rings. The molecule has 9 heteroatoms. The lowest BCUT2D eigenvalue weighted by molar-refractivity contribution is 0.109. The second kappa shape index (κ2) is 8.76. The molecule has 0 bridgehead atoms. The third-order valence-corrected chi connectivity index (χ3v) is 5.15. The van der Waals surface area contributed by atoms with Crippen molar-refractivity contribution in [1.82, 2.24) is 0 Å². The van der Waals surface area contributed by atoms with Gasteiger partial charge >= 0.3 is 13.7 Å². The van der Waals surface area contributed by atoms with E-state index in [1.54, 1.807) is 31.2 Å². The van der Waals surface area contributed by atoms with Gasteiger partial charge in [0.05, 0.1) is 13.2 Å². The molecule has 2 atom stereocenters. The van der Waals surface area contributed by atoms with E-state index in [1.165, 1.54) is 0 Å². The normalized spacial score (nSPS) is 15.2. The molecule has 0 heterocycles. The van der Waals surface area contributed by atoms with Gasteiger partial charge in [0.2, 0.25) is 5.85 Å². The topological polar surface area (TPSA) is 87.8 Å². The molecule has 2 unspecified atom stereocenters. The first kappa shape index (κ1) is 18.5. The Balaban J connectivity index is 3.15. The Morgan fingerprint density at radius 2 is 2.00 bits per heavy atom. The number of amides is 1. The van der Waals surface area contributed by atoms with Gasteiger partial charge in [-0.15, -0.1) is 11.6 Å². The molecule has 118 valence electrons. The Labute approximate surface area is 136 Å². The highest BCUT2D eigenvalue weighted by atomic mass is 79.9. The smallest absolute Gasteiger partial charge is 0.405 e. The Kier molecular flexibility index (Phi) is 7.70. The van der Waals surface area contributed by atoms with Crippen molar-refractivity contribution in [2.75, 3.05) is 19.1 Å². The van der Waals surface area contributed by atoms with Crippen LogP contribution in [0.5, 0.6) is 0 Å². The van der Waals surface area contributed by atoms with E-state index in [0.29, 0.717) is 5.56 Å². The van der Waals surface area contributed by atoms with Crippen molar-refractivity contribution < 1.29 is 23.1 Å². The standard InChI is InChI=1S/C12H16BrClNO5P/c1-2-18-21(17,19-8-7-14)11(20-12(15)16)9-3-5-10(13)6-4-9/h3-6,11H,2,7-8H2,1H3,(H2,15,16). The molecular weight excluding hydrogens is 384 g/mol. The van der Waals surface area contributed by atoms with Crippen LogP contribution in [0.3, 0.4) is 0 Å². The molecule has 1 rings (SSSR count). The van der Waals surface area contributed by atoms with Crippen LogP contribution in [0.4, 0.5) is 4.79 Å². The molecule has 1 aromatic rings. The Bertz CT molecular complexity index is 513. The number of carbonyl (C=O) groups is 1. The molecule has 0 fully saturated rings. The lowest BCUT2D eigenvalue weighted by Crippen LogP contribution is -2.19. The summed E-state index contributed by atoms with van der Waals surface area (Å²) in [6, 6.07) is 6.69. The van der Waals surface area contributed by atoms with E-state index in [4.69, 9.17) is 31.1 Å². The van der Waals surface area contributed by atoms with Gasteiger partial charge in [-0.3, -0.25) is 4.57 Å². The van der Waals surface area contributed by atoms with Crippen molar-refractivity contribution in [3.05, 3.63) is 34.3 Å². The Hall–Kier alpha value is -0.590. The highest BCUT2D eigenvalue weighted by Crippen LogP contribution is 2.61. The van der Waals surface area contributed by atoms with Gasteiger partial charge in [0.25, 0.3) is 0 Å². The van der Waals surface area contributed by atoms with E-state index in [0.717, 1.165) is 4.47 Å². The molecular formula is C12H16BrClNO5P. The predicted octanol–water partition coefficient (Wildman–Crippen LogP) is 4.03. The summed E-state index contributed by atoms with van der Waals surface area (Å²) in [6.45, 7) is 1.77. The van der Waals surface area contributed by atoms with Gasteiger partial charge in [0.1, 0.15) is 0 Å². The van der Waals surface area contributed by atoms with Crippen LogP contribution < -0.4 is 5.73 Å². The van der Waals surface area contributed by atoms with Crippen LogP contribution >= 0.6 is 35.1 Å². The summed E-state index contributed by atoms with van der Waals surface area (Å²) in [4.78, 5) is 11.1. The monoisotopic (exact) mass is 399 g/mol. The molecule has 0 spiro atoms. The van der Waals surface area contributed by atoms with Crippen molar-refractivity contribution in [1.29, 1.82) is 0 Å². The number of nitrogens with two attached hydrogens (primary N) is 1. The number of ether oxygens (including phenoxy) is 1. The zero-order chi connectivity index (χ0) is 15.9. The van der Waals surface area contributed by atoms with E-state index in [9.17, 15) is 9.36 Å². The average molecular weight is 401 g/mol. The molecule has 0 radical (unpaired) electrons. The zero-order valence-electron chi connectivity index (χ0n) is 11.3. The number of benzene rings is 1. The fraction of sp³-hybridized carbons (Fsp3) is 0.417. The molecule has 0 aromatic heterocycles. The van der Waals surface area contributed by atoms with E-state index in [2.05, 4.69) is 15.9 Å². The number of hydrogen-bond donors (Lipinski definition) is 1. The molecule has 1 amide bonds. The third kappa shape index (κ3) is 5.60. The summed E-state index contributed by atoms with van der Waals surface area (Å²) in [5.74, 6) is -1.12. The van der Waals surface area contributed by atoms with E-state index >= 15 is 0 Å². The molecule has 21 heavy (non-hydrogen) atoms. The SMILES string of the molecule is CCOP(=O)(OCCCl)C(OC(N)=O)c1ccc(Br)cc1. The maximum Gasteiger partial charge on any atom is 0.405 e. The quantitative estimate of drug-likeness (QED) is 0.526. The predicted molar refractivity (Wildman–Crippen MR) is 83.5 cm³/mol. The minimum Gasteiger partial charge on any atom is -0.428 e. The zero-order valence-corrected chi connectivity index (χ0v) is 14.6. The van der Waals surface area contributed by atoms with E-state index in [-0.39, 0.29) is 19.1 Å². The fourth-order valence-corrected chi connectivity index (χ4v) is 3.84. The van der Waals surface area contributed by atoms with Gasteiger partial charge in [-0.05, 0) is 19.1 Å². The van der Waals surface area contributed by atoms with Crippen LogP contribution in [0.15, 0.2) is 28.7 Å². The maximum atomic E-state index is 12.8. The molecule has 0 saturated heterocycles. The van der Waals surface area contributed by atoms with Crippen molar-refractivity contribution in [3.8, 4) is 0 Å². The minimum absolute atomic E-state index is 0.00597. The second-order valence-corrected chi connectivity index (χ2v) is 7.18. The average Bonchev–Trinajstić information content (AvgIpc) is 2.44. The highest BCUT2D eigenvalue weighted by molar-refractivity contribution is 9.10.